The monoisotopic (exact) mass is 393 g/mol. The predicted octanol–water partition coefficient (Wildman–Crippen LogP) is 6.20. The topological polar surface area (TPSA) is 54.8 Å². The van der Waals surface area contributed by atoms with Crippen molar-refractivity contribution in [1.29, 1.82) is 5.26 Å². The SMILES string of the molecule is Cn1c(C(C#N)=Cc2ccc(-c3cccc(Cl)c3Cl)o2)nc2ccccc21. The van der Waals surface area contributed by atoms with Gasteiger partial charge in [-0.25, -0.2) is 4.98 Å². The number of para-hydroxylation sites is 2. The summed E-state index contributed by atoms with van der Waals surface area (Å²) in [4.78, 5) is 4.56. The molecule has 0 atom stereocenters. The average molecular weight is 394 g/mol. The Morgan fingerprint density at radius 1 is 1.11 bits per heavy atom. The first-order valence-corrected chi connectivity index (χ1v) is 8.92. The molecule has 27 heavy (non-hydrogen) atoms. The molecule has 4 rings (SSSR count). The van der Waals surface area contributed by atoms with Crippen LogP contribution >= 0.6 is 23.2 Å². The van der Waals surface area contributed by atoms with E-state index in [2.05, 4.69) is 11.1 Å². The van der Waals surface area contributed by atoms with E-state index in [-0.39, 0.29) is 0 Å². The Balaban J connectivity index is 1.76. The highest BCUT2D eigenvalue weighted by Gasteiger charge is 2.14. The van der Waals surface area contributed by atoms with Crippen molar-refractivity contribution in [3.8, 4) is 17.4 Å². The number of aromatic nitrogens is 2. The van der Waals surface area contributed by atoms with Crippen LogP contribution in [0.4, 0.5) is 0 Å². The van der Waals surface area contributed by atoms with Gasteiger partial charge in [0.25, 0.3) is 0 Å². The van der Waals surface area contributed by atoms with Gasteiger partial charge in [0, 0.05) is 18.7 Å². The largest absolute Gasteiger partial charge is 0.457 e. The number of imidazole rings is 1. The molecule has 0 amide bonds. The van der Waals surface area contributed by atoms with E-state index in [1.165, 1.54) is 0 Å². The van der Waals surface area contributed by atoms with Crippen molar-refractivity contribution in [2.45, 2.75) is 0 Å². The van der Waals surface area contributed by atoms with Gasteiger partial charge in [0.05, 0.1) is 26.7 Å². The van der Waals surface area contributed by atoms with E-state index in [4.69, 9.17) is 27.6 Å². The Morgan fingerprint density at radius 3 is 2.70 bits per heavy atom. The molecule has 0 bridgehead atoms. The molecule has 0 aliphatic rings. The number of aryl methyl sites for hydroxylation is 1. The van der Waals surface area contributed by atoms with Gasteiger partial charge in [-0.3, -0.25) is 0 Å². The number of hydrogen-bond acceptors (Lipinski definition) is 3. The Hall–Kier alpha value is -3.00. The zero-order valence-electron chi connectivity index (χ0n) is 14.3. The molecule has 0 saturated heterocycles. The molecule has 0 saturated carbocycles. The quantitative estimate of drug-likeness (QED) is 0.389. The number of furan rings is 1. The highest BCUT2D eigenvalue weighted by Crippen LogP contribution is 2.35. The molecule has 2 heterocycles. The summed E-state index contributed by atoms with van der Waals surface area (Å²) in [6.07, 6.45) is 1.67. The maximum atomic E-state index is 9.64. The molecule has 0 fully saturated rings. The smallest absolute Gasteiger partial charge is 0.151 e. The second kappa shape index (κ2) is 6.96. The fraction of sp³-hybridized carbons (Fsp3) is 0.0476. The van der Waals surface area contributed by atoms with E-state index in [1.54, 1.807) is 24.3 Å². The molecule has 0 N–H and O–H groups in total. The highest BCUT2D eigenvalue weighted by atomic mass is 35.5. The zero-order chi connectivity index (χ0) is 19.0. The number of allylic oxidation sites excluding steroid dienone is 1. The fourth-order valence-corrected chi connectivity index (χ4v) is 3.34. The van der Waals surface area contributed by atoms with Crippen molar-refractivity contribution in [3.63, 3.8) is 0 Å². The molecular formula is C21H13Cl2N3O. The number of benzene rings is 2. The van der Waals surface area contributed by atoms with Gasteiger partial charge < -0.3 is 8.98 Å². The van der Waals surface area contributed by atoms with Crippen molar-refractivity contribution in [2.75, 3.05) is 0 Å². The summed E-state index contributed by atoms with van der Waals surface area (Å²) in [5.41, 5.74) is 2.90. The van der Waals surface area contributed by atoms with Crippen LogP contribution in [-0.4, -0.2) is 9.55 Å². The van der Waals surface area contributed by atoms with Crippen LogP contribution in [0.15, 0.2) is 59.0 Å². The molecule has 6 heteroatoms. The maximum absolute atomic E-state index is 9.64. The number of nitrogens with zero attached hydrogens (tertiary/aromatic N) is 3. The van der Waals surface area contributed by atoms with E-state index in [0.29, 0.717) is 38.5 Å². The molecule has 4 nitrogen and oxygen atoms in total. The van der Waals surface area contributed by atoms with Crippen molar-refractivity contribution in [2.24, 2.45) is 7.05 Å². The van der Waals surface area contributed by atoms with Crippen molar-refractivity contribution in [3.05, 3.63) is 76.2 Å². The standard InChI is InChI=1S/C21H13Cl2N3O/c1-26-18-8-3-2-7-17(18)25-21(26)13(12-24)11-14-9-10-19(27-14)15-5-4-6-16(22)20(15)23/h2-11H,1H3. The van der Waals surface area contributed by atoms with E-state index >= 15 is 0 Å². The minimum atomic E-state index is 0.409. The van der Waals surface area contributed by atoms with Gasteiger partial charge >= 0.3 is 0 Å². The fourth-order valence-electron chi connectivity index (χ4n) is 2.94. The Bertz CT molecular complexity index is 1230. The Kier molecular flexibility index (Phi) is 4.49. The van der Waals surface area contributed by atoms with Gasteiger partial charge in [0.2, 0.25) is 0 Å². The highest BCUT2D eigenvalue weighted by molar-refractivity contribution is 6.43. The van der Waals surface area contributed by atoms with Crippen molar-refractivity contribution >= 4 is 45.9 Å². The molecule has 2 aromatic carbocycles. The first kappa shape index (κ1) is 17.4. The molecule has 132 valence electrons. The molecule has 0 spiro atoms. The lowest BCUT2D eigenvalue weighted by molar-refractivity contribution is 0.572. The van der Waals surface area contributed by atoms with Crippen LogP contribution in [0.5, 0.6) is 0 Å². The maximum Gasteiger partial charge on any atom is 0.151 e. The van der Waals surface area contributed by atoms with Gasteiger partial charge in [-0.2, -0.15) is 5.26 Å². The summed E-state index contributed by atoms with van der Waals surface area (Å²) in [7, 11) is 1.88. The van der Waals surface area contributed by atoms with E-state index in [9.17, 15) is 5.26 Å². The van der Waals surface area contributed by atoms with Crippen LogP contribution in [0, 0.1) is 11.3 Å². The second-order valence-electron chi connectivity index (χ2n) is 5.96. The van der Waals surface area contributed by atoms with E-state index in [1.807, 2.05) is 48.0 Å². The Morgan fingerprint density at radius 2 is 1.93 bits per heavy atom. The molecular weight excluding hydrogens is 381 g/mol. The third kappa shape index (κ3) is 3.12. The van der Waals surface area contributed by atoms with Gasteiger partial charge in [0.15, 0.2) is 5.82 Å². The lowest BCUT2D eigenvalue weighted by Crippen LogP contribution is -1.95. The second-order valence-corrected chi connectivity index (χ2v) is 6.74. The minimum absolute atomic E-state index is 0.409. The summed E-state index contributed by atoms with van der Waals surface area (Å²) in [6.45, 7) is 0. The summed E-state index contributed by atoms with van der Waals surface area (Å²) in [5, 5.41) is 10.5. The summed E-state index contributed by atoms with van der Waals surface area (Å²) < 4.78 is 7.76. The third-order valence-corrected chi connectivity index (χ3v) is 5.10. The number of nitriles is 1. The van der Waals surface area contributed by atoms with Crippen molar-refractivity contribution in [1.82, 2.24) is 9.55 Å². The molecule has 0 radical (unpaired) electrons. The summed E-state index contributed by atoms with van der Waals surface area (Å²) >= 11 is 12.3. The zero-order valence-corrected chi connectivity index (χ0v) is 15.8. The first-order valence-electron chi connectivity index (χ1n) is 8.16. The third-order valence-electron chi connectivity index (χ3n) is 4.28. The number of hydrogen-bond donors (Lipinski definition) is 0. The van der Waals surface area contributed by atoms with E-state index < -0.39 is 0 Å². The van der Waals surface area contributed by atoms with Crippen LogP contribution in [-0.2, 0) is 7.05 Å². The molecule has 0 unspecified atom stereocenters. The average Bonchev–Trinajstić information content (AvgIpc) is 3.27. The van der Waals surface area contributed by atoms with Crippen molar-refractivity contribution < 1.29 is 4.42 Å². The molecule has 0 aliphatic carbocycles. The van der Waals surface area contributed by atoms with Crippen LogP contribution in [0.1, 0.15) is 11.6 Å². The van der Waals surface area contributed by atoms with Gasteiger partial charge in [-0.15, -0.1) is 0 Å². The van der Waals surface area contributed by atoms with E-state index in [0.717, 1.165) is 11.0 Å². The van der Waals surface area contributed by atoms with Gasteiger partial charge in [-0.1, -0.05) is 41.4 Å². The first-order chi connectivity index (χ1) is 13.1. The minimum Gasteiger partial charge on any atom is -0.457 e. The van der Waals surface area contributed by atoms with Gasteiger partial charge in [0.1, 0.15) is 17.6 Å². The molecule has 2 aromatic heterocycles. The lowest BCUT2D eigenvalue weighted by atomic mass is 10.2. The summed E-state index contributed by atoms with van der Waals surface area (Å²) in [6, 6.07) is 18.9. The Labute approximate surface area is 165 Å². The van der Waals surface area contributed by atoms with Crippen LogP contribution in [0.2, 0.25) is 10.0 Å². The predicted molar refractivity (Wildman–Crippen MR) is 108 cm³/mol. The summed E-state index contributed by atoms with van der Waals surface area (Å²) in [5.74, 6) is 1.69. The molecule has 0 aliphatic heterocycles. The van der Waals surface area contributed by atoms with Crippen LogP contribution in [0.3, 0.4) is 0 Å². The number of rotatable bonds is 3. The molecule has 4 aromatic rings. The van der Waals surface area contributed by atoms with Crippen LogP contribution < -0.4 is 0 Å². The normalized spacial score (nSPS) is 11.7. The van der Waals surface area contributed by atoms with Gasteiger partial charge in [-0.05, 0) is 36.4 Å². The van der Waals surface area contributed by atoms with Crippen LogP contribution in [0.25, 0.3) is 34.0 Å². The lowest BCUT2D eigenvalue weighted by Gasteiger charge is -2.02. The number of fused-ring (bicyclic) bond motifs is 1. The number of halogens is 2.